The molecule has 2 aromatic carbocycles. The van der Waals surface area contributed by atoms with Crippen LogP contribution in [0.3, 0.4) is 0 Å². The maximum absolute atomic E-state index is 13.6. The fourth-order valence-corrected chi connectivity index (χ4v) is 2.29. The lowest BCUT2D eigenvalue weighted by Crippen LogP contribution is -1.84. The largest absolute Gasteiger partial charge is 0.338 e. The third-order valence-electron chi connectivity index (χ3n) is 2.74. The number of fused-ring (bicyclic) bond motifs is 1. The van der Waals surface area contributed by atoms with Crippen LogP contribution in [0.5, 0.6) is 0 Å². The highest BCUT2D eigenvalue weighted by Crippen LogP contribution is 2.29. The van der Waals surface area contributed by atoms with E-state index in [0.717, 1.165) is 11.6 Å². The van der Waals surface area contributed by atoms with Crippen molar-refractivity contribution in [1.82, 2.24) is 9.97 Å². The number of hydrogen-bond acceptors (Lipinski definition) is 1. The Labute approximate surface area is 120 Å². The first-order valence-electron chi connectivity index (χ1n) is 5.35. The molecule has 0 radical (unpaired) electrons. The number of nitrogens with one attached hydrogen (secondary N) is 1. The Bertz CT molecular complexity index is 786. The van der Waals surface area contributed by atoms with Crippen LogP contribution in [0.25, 0.3) is 22.4 Å². The minimum atomic E-state index is -0.951. The zero-order valence-corrected chi connectivity index (χ0v) is 11.7. The van der Waals surface area contributed by atoms with Gasteiger partial charge in [-0.3, -0.25) is 0 Å². The van der Waals surface area contributed by atoms with Crippen molar-refractivity contribution in [1.29, 1.82) is 0 Å². The van der Waals surface area contributed by atoms with Crippen LogP contribution in [-0.2, 0) is 0 Å². The second-order valence-electron chi connectivity index (χ2n) is 3.97. The van der Waals surface area contributed by atoms with Gasteiger partial charge in [0.1, 0.15) is 11.3 Å². The molecule has 0 spiro atoms. The number of nitrogens with zero attached hydrogens (tertiary/aromatic N) is 1. The summed E-state index contributed by atoms with van der Waals surface area (Å²) >= 11 is 9.21. The molecule has 0 aliphatic carbocycles. The quantitative estimate of drug-likeness (QED) is 0.667. The van der Waals surface area contributed by atoms with Crippen LogP contribution in [0.2, 0.25) is 5.02 Å². The first-order chi connectivity index (χ1) is 9.06. The van der Waals surface area contributed by atoms with Crippen molar-refractivity contribution in [3.05, 3.63) is 51.5 Å². The number of imidazole rings is 1. The van der Waals surface area contributed by atoms with Crippen LogP contribution in [0.4, 0.5) is 8.78 Å². The van der Waals surface area contributed by atoms with Crippen LogP contribution in [0.1, 0.15) is 0 Å². The highest BCUT2D eigenvalue weighted by Gasteiger charge is 2.13. The number of halogens is 4. The van der Waals surface area contributed by atoms with Crippen LogP contribution < -0.4 is 0 Å². The average molecular weight is 344 g/mol. The summed E-state index contributed by atoms with van der Waals surface area (Å²) < 4.78 is 27.4. The van der Waals surface area contributed by atoms with E-state index in [0.29, 0.717) is 20.8 Å². The van der Waals surface area contributed by atoms with Gasteiger partial charge in [0, 0.05) is 10.0 Å². The lowest BCUT2D eigenvalue weighted by Gasteiger charge is -1.99. The van der Waals surface area contributed by atoms with E-state index in [-0.39, 0.29) is 5.52 Å². The van der Waals surface area contributed by atoms with Crippen LogP contribution >= 0.6 is 27.5 Å². The summed E-state index contributed by atoms with van der Waals surface area (Å²) in [5, 5.41) is 0.567. The van der Waals surface area contributed by atoms with Gasteiger partial charge in [0.15, 0.2) is 11.6 Å². The number of rotatable bonds is 1. The highest BCUT2D eigenvalue weighted by molar-refractivity contribution is 9.10. The van der Waals surface area contributed by atoms with Gasteiger partial charge >= 0.3 is 0 Å². The fraction of sp³-hybridized carbons (Fsp3) is 0. The zero-order valence-electron chi connectivity index (χ0n) is 9.35. The van der Waals surface area contributed by atoms with Crippen molar-refractivity contribution in [2.75, 3.05) is 0 Å². The van der Waals surface area contributed by atoms with Crippen molar-refractivity contribution in [2.24, 2.45) is 0 Å². The molecule has 6 heteroatoms. The number of H-pyrrole nitrogens is 1. The molecule has 3 rings (SSSR count). The van der Waals surface area contributed by atoms with E-state index in [1.54, 1.807) is 18.2 Å². The smallest absolute Gasteiger partial charge is 0.186 e. The van der Waals surface area contributed by atoms with Crippen LogP contribution in [0, 0.1) is 11.6 Å². The van der Waals surface area contributed by atoms with E-state index in [1.165, 1.54) is 6.07 Å². The molecule has 1 aromatic heterocycles. The van der Waals surface area contributed by atoms with Gasteiger partial charge in [-0.2, -0.15) is 0 Å². The first-order valence-corrected chi connectivity index (χ1v) is 6.52. The maximum Gasteiger partial charge on any atom is 0.186 e. The standard InChI is InChI=1S/C13H6BrClF2N2/c14-7-5-6(1-2-8(7)15)13-18-10-4-3-9(16)11(17)12(10)19-13/h1-5H,(H,18,19). The van der Waals surface area contributed by atoms with Gasteiger partial charge in [0.2, 0.25) is 0 Å². The zero-order chi connectivity index (χ0) is 13.6. The third-order valence-corrected chi connectivity index (χ3v) is 3.95. The van der Waals surface area contributed by atoms with E-state index >= 15 is 0 Å². The van der Waals surface area contributed by atoms with Crippen molar-refractivity contribution in [3.63, 3.8) is 0 Å². The van der Waals surface area contributed by atoms with E-state index in [4.69, 9.17) is 11.6 Å². The minimum Gasteiger partial charge on any atom is -0.338 e. The molecular weight excluding hydrogens is 338 g/mol. The Kier molecular flexibility index (Phi) is 3.03. The molecule has 1 heterocycles. The molecule has 96 valence electrons. The van der Waals surface area contributed by atoms with Gasteiger partial charge in [-0.05, 0) is 46.3 Å². The monoisotopic (exact) mass is 342 g/mol. The van der Waals surface area contributed by atoms with Gasteiger partial charge in [-0.15, -0.1) is 0 Å². The lowest BCUT2D eigenvalue weighted by molar-refractivity contribution is 0.515. The number of hydrogen-bond donors (Lipinski definition) is 1. The summed E-state index contributed by atoms with van der Waals surface area (Å²) in [7, 11) is 0. The van der Waals surface area contributed by atoms with Gasteiger partial charge in [-0.25, -0.2) is 13.8 Å². The van der Waals surface area contributed by atoms with Crippen LogP contribution in [0.15, 0.2) is 34.8 Å². The van der Waals surface area contributed by atoms with Gasteiger partial charge < -0.3 is 4.98 Å². The summed E-state index contributed by atoms with van der Waals surface area (Å²) in [5.74, 6) is -1.41. The highest BCUT2D eigenvalue weighted by atomic mass is 79.9. The van der Waals surface area contributed by atoms with E-state index in [1.807, 2.05) is 0 Å². The molecule has 2 nitrogen and oxygen atoms in total. The molecule has 19 heavy (non-hydrogen) atoms. The van der Waals surface area contributed by atoms with Gasteiger partial charge in [0.25, 0.3) is 0 Å². The Hall–Kier alpha value is -1.46. The summed E-state index contributed by atoms with van der Waals surface area (Å²) in [6.45, 7) is 0. The summed E-state index contributed by atoms with van der Waals surface area (Å²) in [4.78, 5) is 7.02. The average Bonchev–Trinajstić information content (AvgIpc) is 2.82. The predicted octanol–water partition coefficient (Wildman–Crippen LogP) is 4.92. The fourth-order valence-electron chi connectivity index (χ4n) is 1.80. The van der Waals surface area contributed by atoms with Gasteiger partial charge in [-0.1, -0.05) is 11.6 Å². The summed E-state index contributed by atoms with van der Waals surface area (Å²) in [6, 6.07) is 7.73. The van der Waals surface area contributed by atoms with Gasteiger partial charge in [0.05, 0.1) is 10.5 Å². The second-order valence-corrected chi connectivity index (χ2v) is 5.23. The molecule has 0 saturated heterocycles. The predicted molar refractivity (Wildman–Crippen MR) is 74.2 cm³/mol. The molecule has 0 unspecified atom stereocenters. The number of benzene rings is 2. The Morgan fingerprint density at radius 1 is 1.16 bits per heavy atom. The van der Waals surface area contributed by atoms with E-state index in [9.17, 15) is 8.78 Å². The molecule has 0 atom stereocenters. The second kappa shape index (κ2) is 4.58. The normalized spacial score (nSPS) is 11.2. The Morgan fingerprint density at radius 3 is 2.68 bits per heavy atom. The first kappa shape index (κ1) is 12.6. The Morgan fingerprint density at radius 2 is 1.95 bits per heavy atom. The minimum absolute atomic E-state index is 0.0129. The molecule has 0 bridgehead atoms. The molecule has 0 saturated carbocycles. The summed E-state index contributed by atoms with van der Waals surface area (Å²) in [5.41, 5.74) is 1.16. The number of aromatic amines is 1. The Balaban J connectivity index is 2.20. The van der Waals surface area contributed by atoms with Crippen molar-refractivity contribution in [3.8, 4) is 11.4 Å². The van der Waals surface area contributed by atoms with E-state index < -0.39 is 11.6 Å². The maximum atomic E-state index is 13.6. The molecule has 3 aromatic rings. The number of aromatic nitrogens is 2. The molecule has 0 aliphatic heterocycles. The molecule has 1 N–H and O–H groups in total. The lowest BCUT2D eigenvalue weighted by atomic mass is 10.2. The topological polar surface area (TPSA) is 28.7 Å². The van der Waals surface area contributed by atoms with Crippen molar-refractivity contribution < 1.29 is 8.78 Å². The molecular formula is C13H6BrClF2N2. The molecule has 0 aliphatic rings. The molecule has 0 fully saturated rings. The van der Waals surface area contributed by atoms with Crippen molar-refractivity contribution in [2.45, 2.75) is 0 Å². The summed E-state index contributed by atoms with van der Waals surface area (Å²) in [6.07, 6.45) is 0. The van der Waals surface area contributed by atoms with E-state index in [2.05, 4.69) is 25.9 Å². The van der Waals surface area contributed by atoms with Crippen LogP contribution in [-0.4, -0.2) is 9.97 Å². The molecule has 0 amide bonds. The van der Waals surface area contributed by atoms with Crippen molar-refractivity contribution >= 4 is 38.6 Å². The third kappa shape index (κ3) is 2.13. The SMILES string of the molecule is Fc1ccc2[nH]c(-c3ccc(Cl)c(Br)c3)nc2c1F.